The summed E-state index contributed by atoms with van der Waals surface area (Å²) < 4.78 is 0. The van der Waals surface area contributed by atoms with Gasteiger partial charge in [-0.1, -0.05) is 12.1 Å². The number of carbonyl (C=O) groups is 1. The zero-order valence-electron chi connectivity index (χ0n) is 10.4. The molecule has 1 saturated heterocycles. The van der Waals surface area contributed by atoms with Gasteiger partial charge >= 0.3 is 6.03 Å². The third-order valence-electron chi connectivity index (χ3n) is 3.89. The Labute approximate surface area is 102 Å². The van der Waals surface area contributed by atoms with E-state index in [1.165, 1.54) is 6.42 Å². The van der Waals surface area contributed by atoms with Crippen LogP contribution in [0, 0.1) is 5.92 Å². The summed E-state index contributed by atoms with van der Waals surface area (Å²) in [6.45, 7) is 3.39. The minimum Gasteiger partial charge on any atom is -0.411 e. The first-order chi connectivity index (χ1) is 8.24. The van der Waals surface area contributed by atoms with E-state index >= 15 is 0 Å². The first kappa shape index (κ1) is 12.2. The number of piperidine rings is 1. The zero-order chi connectivity index (χ0) is 12.3. The molecule has 0 radical (unpaired) electrons. The van der Waals surface area contributed by atoms with Crippen molar-refractivity contribution < 1.29 is 10.0 Å². The average Bonchev–Trinajstić information content (AvgIpc) is 2.32. The predicted molar refractivity (Wildman–Crippen MR) is 65.4 cm³/mol. The number of hydrogen-bond donors (Lipinski definition) is 2. The van der Waals surface area contributed by atoms with Gasteiger partial charge in [-0.25, -0.2) is 4.79 Å². The zero-order valence-corrected chi connectivity index (χ0v) is 10.4. The Hall–Kier alpha value is -1.26. The molecule has 5 nitrogen and oxygen atoms in total. The largest absolute Gasteiger partial charge is 0.411 e. The fraction of sp³-hybridized carbons (Fsp3) is 0.833. The van der Waals surface area contributed by atoms with E-state index in [1.54, 1.807) is 0 Å². The van der Waals surface area contributed by atoms with Gasteiger partial charge < -0.3 is 15.4 Å². The minimum atomic E-state index is 0.0464. The third-order valence-corrected chi connectivity index (χ3v) is 3.89. The van der Waals surface area contributed by atoms with E-state index in [0.717, 1.165) is 25.0 Å². The van der Waals surface area contributed by atoms with Crippen molar-refractivity contribution in [1.29, 1.82) is 0 Å². The second-order valence-electron chi connectivity index (χ2n) is 4.97. The maximum atomic E-state index is 12.0. The van der Waals surface area contributed by atoms with E-state index in [4.69, 9.17) is 5.21 Å². The maximum Gasteiger partial charge on any atom is 0.317 e. The fourth-order valence-corrected chi connectivity index (χ4v) is 2.42. The Morgan fingerprint density at radius 1 is 1.59 bits per heavy atom. The molecule has 0 spiro atoms. The molecule has 0 bridgehead atoms. The Morgan fingerprint density at radius 3 is 2.88 bits per heavy atom. The van der Waals surface area contributed by atoms with E-state index in [0.29, 0.717) is 25.6 Å². The van der Waals surface area contributed by atoms with Crippen LogP contribution < -0.4 is 5.32 Å². The number of hydrogen-bond acceptors (Lipinski definition) is 3. The van der Waals surface area contributed by atoms with Gasteiger partial charge in [0.25, 0.3) is 0 Å². The predicted octanol–water partition coefficient (Wildman–Crippen LogP) is 1.81. The summed E-state index contributed by atoms with van der Waals surface area (Å²) >= 11 is 0. The molecule has 0 aromatic heterocycles. The number of nitrogens with zero attached hydrogens (tertiary/aromatic N) is 2. The van der Waals surface area contributed by atoms with Crippen molar-refractivity contribution in [3.05, 3.63) is 0 Å². The standard InChI is InChI=1S/C12H21N3O2/c1-2-9-8-15(7-6-11(9)14-17)12(16)13-10-4-3-5-10/h9-10,17H,2-8H2,1H3,(H,13,16). The van der Waals surface area contributed by atoms with Crippen molar-refractivity contribution in [1.82, 2.24) is 10.2 Å². The topological polar surface area (TPSA) is 64.9 Å². The molecule has 0 aromatic carbocycles. The molecule has 0 aromatic rings. The van der Waals surface area contributed by atoms with Crippen LogP contribution in [-0.4, -0.2) is 41.0 Å². The van der Waals surface area contributed by atoms with Crippen LogP contribution in [0.1, 0.15) is 39.0 Å². The van der Waals surface area contributed by atoms with Crippen LogP contribution in [0.4, 0.5) is 4.79 Å². The van der Waals surface area contributed by atoms with Gasteiger partial charge in [-0.15, -0.1) is 0 Å². The molecule has 2 amide bonds. The summed E-state index contributed by atoms with van der Waals surface area (Å²) in [7, 11) is 0. The highest BCUT2D eigenvalue weighted by Crippen LogP contribution is 2.20. The summed E-state index contributed by atoms with van der Waals surface area (Å²) in [5.74, 6) is 0.209. The number of urea groups is 1. The molecule has 1 heterocycles. The number of oxime groups is 1. The van der Waals surface area contributed by atoms with Crippen molar-refractivity contribution in [3.8, 4) is 0 Å². The summed E-state index contributed by atoms with van der Waals surface area (Å²) in [4.78, 5) is 13.8. The lowest BCUT2D eigenvalue weighted by molar-refractivity contribution is 0.176. The van der Waals surface area contributed by atoms with E-state index < -0.39 is 0 Å². The van der Waals surface area contributed by atoms with Gasteiger partial charge in [0.05, 0.1) is 5.71 Å². The molecule has 2 rings (SSSR count). The van der Waals surface area contributed by atoms with Crippen molar-refractivity contribution >= 4 is 11.7 Å². The highest BCUT2D eigenvalue weighted by Gasteiger charge is 2.29. The Kier molecular flexibility index (Phi) is 3.86. The van der Waals surface area contributed by atoms with Gasteiger partial charge in [0.2, 0.25) is 0 Å². The summed E-state index contributed by atoms with van der Waals surface area (Å²) in [5, 5.41) is 15.3. The normalized spacial score (nSPS) is 27.9. The lowest BCUT2D eigenvalue weighted by Gasteiger charge is -2.35. The van der Waals surface area contributed by atoms with Gasteiger partial charge in [-0.3, -0.25) is 0 Å². The molecular formula is C12H21N3O2. The fourth-order valence-electron chi connectivity index (χ4n) is 2.42. The molecule has 1 unspecified atom stereocenters. The second-order valence-corrected chi connectivity index (χ2v) is 4.97. The van der Waals surface area contributed by atoms with Crippen molar-refractivity contribution in [2.24, 2.45) is 11.1 Å². The first-order valence-electron chi connectivity index (χ1n) is 6.50. The minimum absolute atomic E-state index is 0.0464. The maximum absolute atomic E-state index is 12.0. The molecule has 1 aliphatic heterocycles. The Balaban J connectivity index is 1.87. The summed E-state index contributed by atoms with van der Waals surface area (Å²) in [6, 6.07) is 0.431. The lowest BCUT2D eigenvalue weighted by atomic mass is 9.92. The smallest absolute Gasteiger partial charge is 0.317 e. The average molecular weight is 239 g/mol. The third kappa shape index (κ3) is 2.70. The van der Waals surface area contributed by atoms with Crippen molar-refractivity contribution in [3.63, 3.8) is 0 Å². The van der Waals surface area contributed by atoms with Gasteiger partial charge in [0.1, 0.15) is 0 Å². The molecular weight excluding hydrogens is 218 g/mol. The summed E-state index contributed by atoms with van der Waals surface area (Å²) in [5.41, 5.74) is 0.834. The molecule has 2 N–H and O–H groups in total. The molecule has 2 aliphatic rings. The molecule has 1 aliphatic carbocycles. The van der Waals surface area contributed by atoms with Crippen LogP contribution in [0.5, 0.6) is 0 Å². The van der Waals surface area contributed by atoms with Crippen molar-refractivity contribution in [2.45, 2.75) is 45.1 Å². The van der Waals surface area contributed by atoms with E-state index in [2.05, 4.69) is 17.4 Å². The molecule has 2 fully saturated rings. The number of nitrogens with one attached hydrogen (secondary N) is 1. The van der Waals surface area contributed by atoms with Crippen LogP contribution in [-0.2, 0) is 0 Å². The molecule has 1 saturated carbocycles. The molecule has 5 heteroatoms. The SMILES string of the molecule is CCC1CN(C(=O)NC2CCC2)CCC1=NO. The Morgan fingerprint density at radius 2 is 2.35 bits per heavy atom. The number of rotatable bonds is 2. The van der Waals surface area contributed by atoms with Gasteiger partial charge in [-0.05, 0) is 25.7 Å². The first-order valence-corrected chi connectivity index (χ1v) is 6.50. The highest BCUT2D eigenvalue weighted by molar-refractivity contribution is 5.89. The molecule has 96 valence electrons. The number of carbonyl (C=O) groups excluding carboxylic acids is 1. The van der Waals surface area contributed by atoms with Crippen LogP contribution >= 0.6 is 0 Å². The van der Waals surface area contributed by atoms with Gasteiger partial charge in [-0.2, -0.15) is 0 Å². The summed E-state index contributed by atoms with van der Waals surface area (Å²) in [6.07, 6.45) is 5.05. The monoisotopic (exact) mass is 239 g/mol. The quantitative estimate of drug-likeness (QED) is 0.570. The molecule has 1 atom stereocenters. The number of likely N-dealkylation sites (tertiary alicyclic amines) is 1. The van der Waals surface area contributed by atoms with Crippen LogP contribution in [0.15, 0.2) is 5.16 Å². The van der Waals surface area contributed by atoms with Crippen LogP contribution in [0.25, 0.3) is 0 Å². The van der Waals surface area contributed by atoms with Crippen LogP contribution in [0.2, 0.25) is 0 Å². The number of amides is 2. The van der Waals surface area contributed by atoms with E-state index in [9.17, 15) is 4.79 Å². The van der Waals surface area contributed by atoms with Crippen molar-refractivity contribution in [2.75, 3.05) is 13.1 Å². The van der Waals surface area contributed by atoms with E-state index in [1.807, 2.05) is 4.90 Å². The molecule has 17 heavy (non-hydrogen) atoms. The van der Waals surface area contributed by atoms with Gasteiger partial charge in [0.15, 0.2) is 0 Å². The highest BCUT2D eigenvalue weighted by atomic mass is 16.4. The lowest BCUT2D eigenvalue weighted by Crippen LogP contribution is -2.52. The van der Waals surface area contributed by atoms with Gasteiger partial charge in [0, 0.05) is 31.5 Å². The van der Waals surface area contributed by atoms with Crippen LogP contribution in [0.3, 0.4) is 0 Å². The Bertz CT molecular complexity index is 313. The second kappa shape index (κ2) is 5.38. The van der Waals surface area contributed by atoms with E-state index in [-0.39, 0.29) is 11.9 Å².